The molecule has 0 bridgehead atoms. The Labute approximate surface area is 116 Å². The summed E-state index contributed by atoms with van der Waals surface area (Å²) < 4.78 is 0. The zero-order valence-electron chi connectivity index (χ0n) is 10.9. The van der Waals surface area contributed by atoms with E-state index in [0.29, 0.717) is 10.8 Å². The van der Waals surface area contributed by atoms with Crippen LogP contribution in [-0.4, -0.2) is 16.0 Å². The first-order chi connectivity index (χ1) is 9.08. The van der Waals surface area contributed by atoms with E-state index in [-0.39, 0.29) is 11.5 Å². The fourth-order valence-electron chi connectivity index (χ4n) is 2.37. The molecule has 0 unspecified atom stereocenters. The Morgan fingerprint density at radius 1 is 1.32 bits per heavy atom. The highest BCUT2D eigenvalue weighted by Gasteiger charge is 2.19. The van der Waals surface area contributed by atoms with Gasteiger partial charge in [-0.1, -0.05) is 19.3 Å². The smallest absolute Gasteiger partial charge is 0.270 e. The van der Waals surface area contributed by atoms with Crippen LogP contribution in [0.15, 0.2) is 23.1 Å². The lowest BCUT2D eigenvalue weighted by Crippen LogP contribution is -2.09. The summed E-state index contributed by atoms with van der Waals surface area (Å²) in [5.41, 5.74) is 0.461. The van der Waals surface area contributed by atoms with E-state index >= 15 is 0 Å². The average molecular weight is 279 g/mol. The highest BCUT2D eigenvalue weighted by atomic mass is 32.2. The molecule has 1 fully saturated rings. The van der Waals surface area contributed by atoms with Crippen LogP contribution in [0.4, 0.5) is 5.69 Å². The third-order valence-electron chi connectivity index (χ3n) is 3.40. The molecule has 0 aliphatic heterocycles. The summed E-state index contributed by atoms with van der Waals surface area (Å²) >= 11 is 1.70. The molecule has 5 heteroatoms. The van der Waals surface area contributed by atoms with Crippen LogP contribution >= 0.6 is 11.8 Å². The lowest BCUT2D eigenvalue weighted by Gasteiger charge is -2.21. The van der Waals surface area contributed by atoms with E-state index in [1.54, 1.807) is 17.8 Å². The van der Waals surface area contributed by atoms with Gasteiger partial charge in [0.05, 0.1) is 4.92 Å². The molecule has 1 saturated carbocycles. The third-order valence-corrected chi connectivity index (χ3v) is 4.81. The Bertz CT molecular complexity index is 495. The van der Waals surface area contributed by atoms with Gasteiger partial charge >= 0.3 is 0 Å². The Morgan fingerprint density at radius 3 is 2.58 bits per heavy atom. The Balaban J connectivity index is 2.23. The number of hydrogen-bond donors (Lipinski definition) is 0. The highest BCUT2D eigenvalue weighted by Crippen LogP contribution is 2.36. The first kappa shape index (κ1) is 14.1. The molecule has 2 rings (SSSR count). The van der Waals surface area contributed by atoms with Gasteiger partial charge in [-0.05, 0) is 25.8 Å². The number of rotatable bonds is 4. The van der Waals surface area contributed by atoms with E-state index in [1.807, 2.05) is 0 Å². The van der Waals surface area contributed by atoms with Crippen LogP contribution in [0.3, 0.4) is 0 Å². The van der Waals surface area contributed by atoms with Gasteiger partial charge in [0.15, 0.2) is 5.78 Å². The van der Waals surface area contributed by atoms with Gasteiger partial charge in [0.25, 0.3) is 5.69 Å². The lowest BCUT2D eigenvalue weighted by atomic mass is 10.0. The van der Waals surface area contributed by atoms with Crippen molar-refractivity contribution >= 4 is 23.2 Å². The van der Waals surface area contributed by atoms with E-state index in [9.17, 15) is 14.9 Å². The molecule has 0 spiro atoms. The second-order valence-corrected chi connectivity index (χ2v) is 6.21. The van der Waals surface area contributed by atoms with Crippen molar-refractivity contribution in [3.05, 3.63) is 33.9 Å². The van der Waals surface area contributed by atoms with Crippen LogP contribution in [0.1, 0.15) is 49.4 Å². The summed E-state index contributed by atoms with van der Waals surface area (Å²) in [7, 11) is 0. The molecule has 0 atom stereocenters. The number of Topliss-reactive ketones (excluding diaryl/α,β-unsaturated/α-hetero) is 1. The maximum atomic E-state index is 11.6. The average Bonchev–Trinajstić information content (AvgIpc) is 2.39. The van der Waals surface area contributed by atoms with Crippen molar-refractivity contribution in [2.45, 2.75) is 49.2 Å². The van der Waals surface area contributed by atoms with Crippen molar-refractivity contribution in [2.24, 2.45) is 0 Å². The van der Waals surface area contributed by atoms with E-state index < -0.39 is 4.92 Å². The molecule has 102 valence electrons. The van der Waals surface area contributed by atoms with Gasteiger partial charge in [-0.3, -0.25) is 14.9 Å². The van der Waals surface area contributed by atoms with Crippen LogP contribution in [0, 0.1) is 10.1 Å². The molecule has 0 N–H and O–H groups in total. The van der Waals surface area contributed by atoms with Crippen LogP contribution in [0.2, 0.25) is 0 Å². The van der Waals surface area contributed by atoms with Crippen molar-refractivity contribution in [3.63, 3.8) is 0 Å². The van der Waals surface area contributed by atoms with E-state index in [1.165, 1.54) is 51.2 Å². The number of carbonyl (C=O) groups excluding carboxylic acids is 1. The van der Waals surface area contributed by atoms with Crippen LogP contribution < -0.4 is 0 Å². The van der Waals surface area contributed by atoms with E-state index in [2.05, 4.69) is 0 Å². The predicted octanol–water partition coefficient (Wildman–Crippen LogP) is 4.22. The number of nitrogens with zero attached hydrogens (tertiary/aromatic N) is 1. The number of non-ortho nitro benzene ring substituents is 1. The quantitative estimate of drug-likeness (QED) is 0.470. The summed E-state index contributed by atoms with van der Waals surface area (Å²) in [4.78, 5) is 22.8. The number of benzene rings is 1. The Morgan fingerprint density at radius 2 is 2.00 bits per heavy atom. The molecule has 0 heterocycles. The standard InChI is InChI=1S/C14H17NO3S/c1-10(16)13-9-11(15(17)18)7-8-14(13)19-12-5-3-2-4-6-12/h7-9,12H,2-6H2,1H3. The van der Waals surface area contributed by atoms with Crippen LogP contribution in [0.25, 0.3) is 0 Å². The second kappa shape index (κ2) is 6.19. The molecule has 0 amide bonds. The summed E-state index contributed by atoms with van der Waals surface area (Å²) in [5.74, 6) is -0.109. The molecule has 1 aliphatic rings. The van der Waals surface area contributed by atoms with Crippen molar-refractivity contribution in [1.82, 2.24) is 0 Å². The zero-order valence-corrected chi connectivity index (χ0v) is 11.7. The minimum absolute atomic E-state index is 0.0156. The van der Waals surface area contributed by atoms with Gasteiger partial charge in [-0.2, -0.15) is 0 Å². The fourth-order valence-corrected chi connectivity index (χ4v) is 3.78. The molecule has 0 radical (unpaired) electrons. The zero-order chi connectivity index (χ0) is 13.8. The molecule has 1 aromatic carbocycles. The van der Waals surface area contributed by atoms with E-state index in [4.69, 9.17) is 0 Å². The number of nitro benzene ring substituents is 1. The van der Waals surface area contributed by atoms with Gasteiger partial charge < -0.3 is 0 Å². The third kappa shape index (κ3) is 3.56. The predicted molar refractivity (Wildman–Crippen MR) is 75.8 cm³/mol. The second-order valence-electron chi connectivity index (χ2n) is 4.87. The van der Waals surface area contributed by atoms with Crippen LogP contribution in [0.5, 0.6) is 0 Å². The summed E-state index contributed by atoms with van der Waals surface area (Å²) in [5, 5.41) is 11.3. The summed E-state index contributed by atoms with van der Waals surface area (Å²) in [6.45, 7) is 1.46. The normalized spacial score (nSPS) is 16.3. The first-order valence-electron chi connectivity index (χ1n) is 6.54. The largest absolute Gasteiger partial charge is 0.294 e. The number of nitro groups is 1. The minimum Gasteiger partial charge on any atom is -0.294 e. The SMILES string of the molecule is CC(=O)c1cc([N+](=O)[O-])ccc1SC1CCCCC1. The molecule has 1 aromatic rings. The van der Waals surface area contributed by atoms with Crippen LogP contribution in [-0.2, 0) is 0 Å². The Kier molecular flexibility index (Phi) is 4.58. The number of carbonyl (C=O) groups is 1. The van der Waals surface area contributed by atoms with Crippen molar-refractivity contribution in [3.8, 4) is 0 Å². The summed E-state index contributed by atoms with van der Waals surface area (Å²) in [6.07, 6.45) is 6.09. The molecular formula is C14H17NO3S. The van der Waals surface area contributed by atoms with Gasteiger partial charge in [0.2, 0.25) is 0 Å². The Hall–Kier alpha value is -1.36. The number of thioether (sulfide) groups is 1. The first-order valence-corrected chi connectivity index (χ1v) is 7.42. The molecule has 19 heavy (non-hydrogen) atoms. The van der Waals surface area contributed by atoms with Crippen molar-refractivity contribution < 1.29 is 9.72 Å². The summed E-state index contributed by atoms with van der Waals surface area (Å²) in [6, 6.07) is 4.60. The maximum absolute atomic E-state index is 11.6. The van der Waals surface area contributed by atoms with E-state index in [0.717, 1.165) is 4.90 Å². The topological polar surface area (TPSA) is 60.2 Å². The van der Waals surface area contributed by atoms with Gasteiger partial charge in [-0.15, -0.1) is 11.8 Å². The highest BCUT2D eigenvalue weighted by molar-refractivity contribution is 8.00. The fraction of sp³-hybridized carbons (Fsp3) is 0.500. The lowest BCUT2D eigenvalue weighted by molar-refractivity contribution is -0.384. The van der Waals surface area contributed by atoms with Gasteiger partial charge in [-0.25, -0.2) is 0 Å². The molecule has 4 nitrogen and oxygen atoms in total. The number of hydrogen-bond acceptors (Lipinski definition) is 4. The number of ketones is 1. The van der Waals surface area contributed by atoms with Gasteiger partial charge in [0.1, 0.15) is 0 Å². The minimum atomic E-state index is -0.457. The maximum Gasteiger partial charge on any atom is 0.270 e. The van der Waals surface area contributed by atoms with Gasteiger partial charge in [0, 0.05) is 27.8 Å². The molecular weight excluding hydrogens is 262 g/mol. The van der Waals surface area contributed by atoms with Crippen molar-refractivity contribution in [2.75, 3.05) is 0 Å². The molecule has 1 aliphatic carbocycles. The van der Waals surface area contributed by atoms with Crippen molar-refractivity contribution in [1.29, 1.82) is 0 Å². The monoisotopic (exact) mass is 279 g/mol. The molecule has 0 saturated heterocycles. The molecule has 0 aromatic heterocycles.